The molecule has 0 heterocycles. The standard InChI is InChI=1S/FH.HNO3.Zr/c;2-1(3)4;/h1H;(H,2,3,4);. The summed E-state index contributed by atoms with van der Waals surface area (Å²) in [5.41, 5.74) is 0. The molecule has 0 aromatic carbocycles. The van der Waals surface area contributed by atoms with Crippen molar-refractivity contribution in [3.05, 3.63) is 10.1 Å². The molecule has 0 radical (unpaired) electrons. The van der Waals surface area contributed by atoms with Gasteiger partial charge in [-0.3, -0.25) is 4.70 Å². The Morgan fingerprint density at radius 3 is 1.67 bits per heavy atom. The van der Waals surface area contributed by atoms with Crippen molar-refractivity contribution >= 4 is 0 Å². The third-order valence-corrected chi connectivity index (χ3v) is 0. The Bertz CT molecular complexity index is 33.8. The predicted molar refractivity (Wildman–Crippen MR) is 11.3 cm³/mol. The second kappa shape index (κ2) is 8.89. The zero-order chi connectivity index (χ0) is 3.58. The van der Waals surface area contributed by atoms with E-state index in [-0.39, 0.29) is 30.9 Å². The molecule has 0 spiro atoms. The van der Waals surface area contributed by atoms with E-state index in [2.05, 4.69) is 0 Å². The minimum absolute atomic E-state index is 0. The van der Waals surface area contributed by atoms with Gasteiger partial charge in [0.15, 0.2) is 0 Å². The van der Waals surface area contributed by atoms with Crippen molar-refractivity contribution in [2.45, 2.75) is 0 Å². The Hall–Kier alpha value is 0.0131. The molecule has 36 valence electrons. The molecule has 0 amide bonds. The molecule has 0 saturated carbocycles. The summed E-state index contributed by atoms with van der Waals surface area (Å²) in [5.74, 6) is 0. The van der Waals surface area contributed by atoms with E-state index in [4.69, 9.17) is 15.3 Å². The molecule has 0 bridgehead atoms. The van der Waals surface area contributed by atoms with Gasteiger partial charge in [-0.2, -0.15) is 0 Å². The van der Waals surface area contributed by atoms with Crippen LogP contribution in [0.1, 0.15) is 0 Å². The number of halogens is 1. The molecule has 0 atom stereocenters. The zero-order valence-corrected chi connectivity index (χ0v) is 5.08. The summed E-state index contributed by atoms with van der Waals surface area (Å²) in [4.78, 5) is 8.36. The maximum atomic E-state index is 8.36. The number of hydrogen-bond donors (Lipinski definition) is 1. The minimum Gasteiger partial charge on any atom is -0.328 e. The topological polar surface area (TPSA) is 63.4 Å². The summed E-state index contributed by atoms with van der Waals surface area (Å²) < 4.78 is 0. The molecule has 0 aliphatic carbocycles. The molecular formula is H2FNO3Zr. The zero-order valence-electron chi connectivity index (χ0n) is 2.62. The molecule has 0 aromatic rings. The second-order valence-corrected chi connectivity index (χ2v) is 0.238. The minimum atomic E-state index is -1.50. The van der Waals surface area contributed by atoms with Crippen LogP contribution in [0.25, 0.3) is 0 Å². The van der Waals surface area contributed by atoms with Crippen molar-refractivity contribution < 1.29 is 41.2 Å². The van der Waals surface area contributed by atoms with Gasteiger partial charge in [0, 0.05) is 26.2 Å². The Labute approximate surface area is 51.8 Å². The molecule has 0 aromatic heterocycles. The Morgan fingerprint density at radius 1 is 1.67 bits per heavy atom. The van der Waals surface area contributed by atoms with Crippen LogP contribution < -0.4 is 0 Å². The Morgan fingerprint density at radius 2 is 1.67 bits per heavy atom. The smallest absolute Gasteiger partial charge is 0.291 e. The SMILES string of the molecule is F.O=[N+]([O-])O.[Zr]. The molecule has 4 nitrogen and oxygen atoms in total. The van der Waals surface area contributed by atoms with Crippen LogP contribution >= 0.6 is 0 Å². The first-order chi connectivity index (χ1) is 1.73. The molecule has 0 aliphatic rings. The van der Waals surface area contributed by atoms with Gasteiger partial charge in [-0.25, -0.2) is 0 Å². The Kier molecular flexibility index (Phi) is 24.7. The van der Waals surface area contributed by atoms with Crippen LogP contribution in [0, 0.1) is 10.1 Å². The van der Waals surface area contributed by atoms with Crippen molar-refractivity contribution in [3.8, 4) is 0 Å². The van der Waals surface area contributed by atoms with Crippen molar-refractivity contribution in [1.29, 1.82) is 0 Å². The summed E-state index contributed by atoms with van der Waals surface area (Å²) in [6.45, 7) is 0. The summed E-state index contributed by atoms with van der Waals surface area (Å²) >= 11 is 0. The van der Waals surface area contributed by atoms with Gasteiger partial charge in [0.2, 0.25) is 0 Å². The molecule has 0 unspecified atom stereocenters. The molecule has 0 rings (SSSR count). The van der Waals surface area contributed by atoms with E-state index in [0.717, 1.165) is 0 Å². The van der Waals surface area contributed by atoms with Crippen molar-refractivity contribution in [1.82, 2.24) is 0 Å². The fourth-order valence-corrected chi connectivity index (χ4v) is 0. The van der Waals surface area contributed by atoms with Crippen molar-refractivity contribution in [2.24, 2.45) is 0 Å². The van der Waals surface area contributed by atoms with Crippen LogP contribution in [0.3, 0.4) is 0 Å². The molecule has 6 heavy (non-hydrogen) atoms. The third-order valence-electron chi connectivity index (χ3n) is 0. The van der Waals surface area contributed by atoms with E-state index in [9.17, 15) is 0 Å². The second-order valence-electron chi connectivity index (χ2n) is 0.238. The maximum absolute atomic E-state index is 8.36. The van der Waals surface area contributed by atoms with Gasteiger partial charge in [-0.1, -0.05) is 0 Å². The fraction of sp³-hybridized carbons (Fsp3) is 0. The summed E-state index contributed by atoms with van der Waals surface area (Å²) in [6, 6.07) is 0. The van der Waals surface area contributed by atoms with Gasteiger partial charge in [0.05, 0.1) is 0 Å². The molecular weight excluding hydrogens is 172 g/mol. The number of nitrogens with zero attached hydrogens (tertiary/aromatic N) is 1. The van der Waals surface area contributed by atoms with E-state index in [0.29, 0.717) is 0 Å². The van der Waals surface area contributed by atoms with Crippen LogP contribution in [-0.4, -0.2) is 10.3 Å². The van der Waals surface area contributed by atoms with Gasteiger partial charge in [-0.05, 0) is 0 Å². The van der Waals surface area contributed by atoms with E-state index < -0.39 is 5.09 Å². The Balaban J connectivity index is -0.0000000450. The van der Waals surface area contributed by atoms with E-state index in [1.807, 2.05) is 0 Å². The quantitative estimate of drug-likeness (QED) is 0.408. The van der Waals surface area contributed by atoms with Gasteiger partial charge < -0.3 is 5.21 Å². The summed E-state index contributed by atoms with van der Waals surface area (Å²) in [7, 11) is 0. The van der Waals surface area contributed by atoms with E-state index >= 15 is 0 Å². The largest absolute Gasteiger partial charge is 0.328 e. The van der Waals surface area contributed by atoms with Gasteiger partial charge in [0.25, 0.3) is 5.09 Å². The van der Waals surface area contributed by atoms with Crippen molar-refractivity contribution in [2.75, 3.05) is 0 Å². The molecule has 0 saturated heterocycles. The van der Waals surface area contributed by atoms with Gasteiger partial charge in [-0.15, -0.1) is 10.1 Å². The van der Waals surface area contributed by atoms with E-state index in [1.54, 1.807) is 0 Å². The first-order valence-electron chi connectivity index (χ1n) is 0.565. The van der Waals surface area contributed by atoms with E-state index in [1.165, 1.54) is 0 Å². The van der Waals surface area contributed by atoms with Gasteiger partial charge >= 0.3 is 0 Å². The molecule has 1 N–H and O–H groups in total. The average Bonchev–Trinajstić information content (AvgIpc) is 0.811. The number of rotatable bonds is 0. The van der Waals surface area contributed by atoms with Crippen LogP contribution in [0.5, 0.6) is 0 Å². The van der Waals surface area contributed by atoms with Crippen molar-refractivity contribution in [3.63, 3.8) is 0 Å². The molecule has 6 heteroatoms. The molecule has 0 aliphatic heterocycles. The van der Waals surface area contributed by atoms with Crippen LogP contribution in [0.15, 0.2) is 0 Å². The summed E-state index contributed by atoms with van der Waals surface area (Å²) in [5, 5.41) is 13.6. The first kappa shape index (κ1) is 16.6. The monoisotopic (exact) mass is 173 g/mol. The normalized spacial score (nSPS) is 4.00. The summed E-state index contributed by atoms with van der Waals surface area (Å²) in [6.07, 6.45) is 0. The van der Waals surface area contributed by atoms with Crippen LogP contribution in [0.4, 0.5) is 4.70 Å². The maximum Gasteiger partial charge on any atom is 0.291 e. The van der Waals surface area contributed by atoms with Crippen LogP contribution in [0.2, 0.25) is 0 Å². The first-order valence-corrected chi connectivity index (χ1v) is 0.565. The van der Waals surface area contributed by atoms with Crippen LogP contribution in [-0.2, 0) is 26.2 Å². The fourth-order valence-electron chi connectivity index (χ4n) is 0. The molecule has 0 fully saturated rings. The third kappa shape index (κ3) is 212000. The number of hydrogen-bond acceptors (Lipinski definition) is 2. The average molecular weight is 174 g/mol. The predicted octanol–water partition coefficient (Wildman–Crippen LogP) is -0.198. The van der Waals surface area contributed by atoms with Gasteiger partial charge in [0.1, 0.15) is 0 Å².